The number of rotatable bonds is 3. The van der Waals surface area contributed by atoms with Crippen molar-refractivity contribution in [1.82, 2.24) is 15.1 Å². The number of nitrogens with one attached hydrogen (secondary N) is 1. The number of halogens is 1. The van der Waals surface area contributed by atoms with Crippen molar-refractivity contribution in [3.63, 3.8) is 0 Å². The molecular formula is C14H17FN4O. The first-order chi connectivity index (χ1) is 9.40. The Hall–Kier alpha value is -2.37. The Balaban J connectivity index is 2.11. The maximum Gasteiger partial charge on any atom is 0.251 e. The van der Waals surface area contributed by atoms with Gasteiger partial charge in [-0.15, -0.1) is 0 Å². The van der Waals surface area contributed by atoms with E-state index in [1.54, 1.807) is 17.8 Å². The molecule has 5 nitrogen and oxygen atoms in total. The third-order valence-electron chi connectivity index (χ3n) is 3.42. The first-order valence-corrected chi connectivity index (χ1v) is 6.21. The second-order valence-corrected chi connectivity index (χ2v) is 4.73. The van der Waals surface area contributed by atoms with E-state index in [9.17, 15) is 9.18 Å². The molecule has 106 valence electrons. The first kappa shape index (κ1) is 14.0. The molecule has 0 spiro atoms. The molecule has 0 radical (unpaired) electrons. The zero-order valence-electron chi connectivity index (χ0n) is 11.7. The fourth-order valence-corrected chi connectivity index (χ4v) is 1.83. The van der Waals surface area contributed by atoms with Crippen LogP contribution in [0, 0.1) is 19.7 Å². The number of aromatic nitrogens is 2. The largest absolute Gasteiger partial charge is 0.398 e. The average molecular weight is 276 g/mol. The Kier molecular flexibility index (Phi) is 3.74. The lowest BCUT2D eigenvalue weighted by molar-refractivity contribution is 0.0950. The van der Waals surface area contributed by atoms with Gasteiger partial charge in [-0.2, -0.15) is 5.10 Å². The van der Waals surface area contributed by atoms with Crippen molar-refractivity contribution in [2.24, 2.45) is 7.05 Å². The van der Waals surface area contributed by atoms with E-state index in [1.807, 2.05) is 14.0 Å². The zero-order valence-corrected chi connectivity index (χ0v) is 11.7. The number of carbonyl (C=O) groups excluding carboxylic acids is 1. The molecule has 2 aromatic rings. The standard InChI is InChI=1S/C14H17FN4O/c1-8-12(15)4-10(5-13(8)16)14(20)17-6-11-7-18-19(3)9(11)2/h4-5,7H,6,16H2,1-3H3,(H,17,20). The summed E-state index contributed by atoms with van der Waals surface area (Å²) in [5, 5.41) is 6.82. The van der Waals surface area contributed by atoms with E-state index in [1.165, 1.54) is 12.1 Å². The Bertz CT molecular complexity index is 640. The number of nitrogens with zero attached hydrogens (tertiary/aromatic N) is 2. The van der Waals surface area contributed by atoms with Gasteiger partial charge in [0.25, 0.3) is 5.91 Å². The minimum absolute atomic E-state index is 0.215. The molecule has 0 saturated heterocycles. The lowest BCUT2D eigenvalue weighted by Crippen LogP contribution is -2.23. The van der Waals surface area contributed by atoms with Crippen LogP contribution in [0.4, 0.5) is 10.1 Å². The molecule has 0 bridgehead atoms. The average Bonchev–Trinajstić information content (AvgIpc) is 2.73. The monoisotopic (exact) mass is 276 g/mol. The number of anilines is 1. The predicted octanol–water partition coefficient (Wildman–Crippen LogP) is 1.69. The van der Waals surface area contributed by atoms with Crippen molar-refractivity contribution in [1.29, 1.82) is 0 Å². The summed E-state index contributed by atoms with van der Waals surface area (Å²) in [5.41, 5.74) is 8.39. The van der Waals surface area contributed by atoms with Crippen LogP contribution in [0.1, 0.15) is 27.2 Å². The number of benzene rings is 1. The third-order valence-corrected chi connectivity index (χ3v) is 3.42. The molecule has 1 aromatic heterocycles. The Labute approximate surface area is 116 Å². The van der Waals surface area contributed by atoms with Crippen LogP contribution in [0.25, 0.3) is 0 Å². The molecule has 6 heteroatoms. The molecular weight excluding hydrogens is 259 g/mol. The minimum Gasteiger partial charge on any atom is -0.398 e. The summed E-state index contributed by atoms with van der Waals surface area (Å²) < 4.78 is 15.3. The van der Waals surface area contributed by atoms with Crippen molar-refractivity contribution in [3.8, 4) is 0 Å². The minimum atomic E-state index is -0.479. The van der Waals surface area contributed by atoms with Crippen LogP contribution in [-0.2, 0) is 13.6 Å². The molecule has 0 aliphatic heterocycles. The van der Waals surface area contributed by atoms with E-state index in [4.69, 9.17) is 5.73 Å². The summed E-state index contributed by atoms with van der Waals surface area (Å²) in [6.07, 6.45) is 1.69. The summed E-state index contributed by atoms with van der Waals surface area (Å²) in [6, 6.07) is 2.67. The number of nitrogen functional groups attached to an aromatic ring is 1. The van der Waals surface area contributed by atoms with Gasteiger partial charge in [-0.05, 0) is 26.0 Å². The quantitative estimate of drug-likeness (QED) is 0.838. The van der Waals surface area contributed by atoms with Crippen LogP contribution < -0.4 is 11.1 Å². The molecule has 0 unspecified atom stereocenters. The third kappa shape index (κ3) is 2.64. The summed E-state index contributed by atoms with van der Waals surface area (Å²) in [7, 11) is 1.83. The van der Waals surface area contributed by atoms with E-state index < -0.39 is 5.82 Å². The predicted molar refractivity (Wildman–Crippen MR) is 74.7 cm³/mol. The van der Waals surface area contributed by atoms with Crippen LogP contribution in [0.5, 0.6) is 0 Å². The van der Waals surface area contributed by atoms with Gasteiger partial charge in [0.1, 0.15) is 5.82 Å². The molecule has 20 heavy (non-hydrogen) atoms. The number of hydrogen-bond acceptors (Lipinski definition) is 3. The Morgan fingerprint density at radius 1 is 1.45 bits per heavy atom. The van der Waals surface area contributed by atoms with Gasteiger partial charge in [0.05, 0.1) is 6.20 Å². The van der Waals surface area contributed by atoms with E-state index in [2.05, 4.69) is 10.4 Å². The second-order valence-electron chi connectivity index (χ2n) is 4.73. The van der Waals surface area contributed by atoms with Gasteiger partial charge in [-0.25, -0.2) is 4.39 Å². The topological polar surface area (TPSA) is 72.9 Å². The molecule has 0 atom stereocenters. The van der Waals surface area contributed by atoms with Crippen LogP contribution in [0.2, 0.25) is 0 Å². The van der Waals surface area contributed by atoms with Gasteiger partial charge in [-0.3, -0.25) is 9.48 Å². The van der Waals surface area contributed by atoms with E-state index in [-0.39, 0.29) is 17.2 Å². The summed E-state index contributed by atoms with van der Waals surface area (Å²) in [4.78, 5) is 12.0. The number of carbonyl (C=O) groups is 1. The molecule has 1 aromatic carbocycles. The smallest absolute Gasteiger partial charge is 0.251 e. The second kappa shape index (κ2) is 5.32. The number of hydrogen-bond donors (Lipinski definition) is 2. The molecule has 2 rings (SSSR count). The van der Waals surface area contributed by atoms with Crippen molar-refractivity contribution in [3.05, 3.63) is 46.5 Å². The van der Waals surface area contributed by atoms with Crippen LogP contribution in [0.3, 0.4) is 0 Å². The molecule has 0 saturated carbocycles. The van der Waals surface area contributed by atoms with E-state index in [0.29, 0.717) is 12.1 Å². The van der Waals surface area contributed by atoms with Gasteiger partial charge in [-0.1, -0.05) is 0 Å². The van der Waals surface area contributed by atoms with Crippen molar-refractivity contribution < 1.29 is 9.18 Å². The summed E-state index contributed by atoms with van der Waals surface area (Å²) >= 11 is 0. The maximum absolute atomic E-state index is 13.6. The highest BCUT2D eigenvalue weighted by molar-refractivity contribution is 5.95. The number of nitrogens with two attached hydrogens (primary N) is 1. The molecule has 0 aliphatic rings. The Morgan fingerprint density at radius 3 is 2.70 bits per heavy atom. The highest BCUT2D eigenvalue weighted by atomic mass is 19.1. The van der Waals surface area contributed by atoms with Crippen molar-refractivity contribution in [2.75, 3.05) is 5.73 Å². The number of amides is 1. The van der Waals surface area contributed by atoms with Gasteiger partial charge in [0, 0.05) is 41.7 Å². The Morgan fingerprint density at radius 2 is 2.15 bits per heavy atom. The lowest BCUT2D eigenvalue weighted by atomic mass is 10.1. The fourth-order valence-electron chi connectivity index (χ4n) is 1.83. The van der Waals surface area contributed by atoms with E-state index >= 15 is 0 Å². The normalized spacial score (nSPS) is 10.6. The van der Waals surface area contributed by atoms with Crippen LogP contribution >= 0.6 is 0 Å². The fraction of sp³-hybridized carbons (Fsp3) is 0.286. The highest BCUT2D eigenvalue weighted by Crippen LogP contribution is 2.17. The molecule has 0 fully saturated rings. The first-order valence-electron chi connectivity index (χ1n) is 6.21. The van der Waals surface area contributed by atoms with Gasteiger partial charge in [0.2, 0.25) is 0 Å². The lowest BCUT2D eigenvalue weighted by Gasteiger charge is -2.08. The van der Waals surface area contributed by atoms with Crippen molar-refractivity contribution in [2.45, 2.75) is 20.4 Å². The number of aryl methyl sites for hydroxylation is 1. The van der Waals surface area contributed by atoms with Gasteiger partial charge >= 0.3 is 0 Å². The summed E-state index contributed by atoms with van der Waals surface area (Å²) in [5.74, 6) is -0.841. The van der Waals surface area contributed by atoms with Crippen LogP contribution in [0.15, 0.2) is 18.3 Å². The molecule has 1 amide bonds. The molecule has 1 heterocycles. The van der Waals surface area contributed by atoms with Gasteiger partial charge in [0.15, 0.2) is 0 Å². The zero-order chi connectivity index (χ0) is 14.9. The van der Waals surface area contributed by atoms with E-state index in [0.717, 1.165) is 11.3 Å². The molecule has 3 N–H and O–H groups in total. The van der Waals surface area contributed by atoms with Gasteiger partial charge < -0.3 is 11.1 Å². The maximum atomic E-state index is 13.6. The summed E-state index contributed by atoms with van der Waals surface area (Å²) in [6.45, 7) is 3.83. The van der Waals surface area contributed by atoms with Crippen LogP contribution in [-0.4, -0.2) is 15.7 Å². The molecule has 0 aliphatic carbocycles. The SMILES string of the molecule is Cc1c(N)cc(C(=O)NCc2cnn(C)c2C)cc1F. The van der Waals surface area contributed by atoms with Crippen molar-refractivity contribution >= 4 is 11.6 Å². The highest BCUT2D eigenvalue weighted by Gasteiger charge is 2.12.